The van der Waals surface area contributed by atoms with Crippen LogP contribution >= 0.6 is 0 Å². The standard InChI is InChI=1S/C16H28N2O/c1-12(2)13-6-8-18(10-13)15(19)16-7-4-3-5-14(16)9-17-11-16/h12-14,17H,3-11H2,1-2H3/t13?,14-,16+/m0/s1. The summed E-state index contributed by atoms with van der Waals surface area (Å²) in [5.41, 5.74) is -0.0376. The summed E-state index contributed by atoms with van der Waals surface area (Å²) in [4.78, 5) is 15.2. The molecule has 0 aromatic carbocycles. The topological polar surface area (TPSA) is 32.3 Å². The van der Waals surface area contributed by atoms with E-state index in [-0.39, 0.29) is 5.41 Å². The quantitative estimate of drug-likeness (QED) is 0.830. The Morgan fingerprint density at radius 2 is 2.16 bits per heavy atom. The normalized spacial score (nSPS) is 38.8. The molecule has 2 aliphatic heterocycles. The van der Waals surface area contributed by atoms with Gasteiger partial charge >= 0.3 is 0 Å². The zero-order valence-corrected chi connectivity index (χ0v) is 12.5. The fourth-order valence-electron chi connectivity index (χ4n) is 4.50. The van der Waals surface area contributed by atoms with Crippen molar-refractivity contribution in [2.75, 3.05) is 26.2 Å². The molecule has 19 heavy (non-hydrogen) atoms. The van der Waals surface area contributed by atoms with Crippen LogP contribution in [0.2, 0.25) is 0 Å². The Labute approximate surface area is 117 Å². The summed E-state index contributed by atoms with van der Waals surface area (Å²) in [7, 11) is 0. The van der Waals surface area contributed by atoms with E-state index in [1.807, 2.05) is 0 Å². The lowest BCUT2D eigenvalue weighted by Crippen LogP contribution is -2.49. The number of nitrogens with zero attached hydrogens (tertiary/aromatic N) is 1. The molecule has 1 unspecified atom stereocenters. The summed E-state index contributed by atoms with van der Waals surface area (Å²) in [6.07, 6.45) is 6.13. The Kier molecular flexibility index (Phi) is 3.59. The molecule has 3 rings (SSSR count). The molecule has 2 heterocycles. The lowest BCUT2D eigenvalue weighted by molar-refractivity contribution is -0.144. The minimum absolute atomic E-state index is 0.0376. The van der Waals surface area contributed by atoms with E-state index in [4.69, 9.17) is 0 Å². The third kappa shape index (κ3) is 2.20. The van der Waals surface area contributed by atoms with Crippen molar-refractivity contribution < 1.29 is 4.79 Å². The zero-order chi connectivity index (χ0) is 13.5. The van der Waals surface area contributed by atoms with Gasteiger partial charge in [-0.1, -0.05) is 26.7 Å². The first-order chi connectivity index (χ1) is 9.13. The van der Waals surface area contributed by atoms with Crippen LogP contribution in [0.3, 0.4) is 0 Å². The second-order valence-electron chi connectivity index (χ2n) is 7.27. The highest BCUT2D eigenvalue weighted by Gasteiger charge is 2.52. The Hall–Kier alpha value is -0.570. The van der Waals surface area contributed by atoms with Gasteiger partial charge in [-0.25, -0.2) is 0 Å². The molecule has 1 N–H and O–H groups in total. The van der Waals surface area contributed by atoms with Crippen molar-refractivity contribution in [1.82, 2.24) is 10.2 Å². The zero-order valence-electron chi connectivity index (χ0n) is 12.5. The Bertz CT molecular complexity index is 355. The summed E-state index contributed by atoms with van der Waals surface area (Å²) < 4.78 is 0. The van der Waals surface area contributed by atoms with E-state index in [2.05, 4.69) is 24.1 Å². The van der Waals surface area contributed by atoms with Gasteiger partial charge in [0, 0.05) is 19.6 Å². The number of hydrogen-bond donors (Lipinski definition) is 1. The van der Waals surface area contributed by atoms with Crippen LogP contribution in [-0.4, -0.2) is 37.0 Å². The summed E-state index contributed by atoms with van der Waals surface area (Å²) in [6, 6.07) is 0. The molecule has 3 nitrogen and oxygen atoms in total. The summed E-state index contributed by atoms with van der Waals surface area (Å²) >= 11 is 0. The minimum atomic E-state index is -0.0376. The van der Waals surface area contributed by atoms with Gasteiger partial charge in [0.25, 0.3) is 0 Å². The van der Waals surface area contributed by atoms with Crippen LogP contribution in [0.5, 0.6) is 0 Å². The number of amides is 1. The molecular formula is C16H28N2O. The van der Waals surface area contributed by atoms with Crippen molar-refractivity contribution >= 4 is 5.91 Å². The van der Waals surface area contributed by atoms with E-state index in [1.54, 1.807) is 0 Å². The molecule has 3 heteroatoms. The highest BCUT2D eigenvalue weighted by Crippen LogP contribution is 2.45. The molecular weight excluding hydrogens is 236 g/mol. The largest absolute Gasteiger partial charge is 0.342 e. The predicted octanol–water partition coefficient (Wildman–Crippen LogP) is 2.27. The highest BCUT2D eigenvalue weighted by atomic mass is 16.2. The Balaban J connectivity index is 1.73. The van der Waals surface area contributed by atoms with Crippen molar-refractivity contribution in [3.63, 3.8) is 0 Å². The van der Waals surface area contributed by atoms with Crippen LogP contribution in [0.4, 0.5) is 0 Å². The van der Waals surface area contributed by atoms with Crippen molar-refractivity contribution in [2.24, 2.45) is 23.2 Å². The van der Waals surface area contributed by atoms with Gasteiger partial charge in [-0.15, -0.1) is 0 Å². The number of carbonyl (C=O) groups excluding carboxylic acids is 1. The van der Waals surface area contributed by atoms with Gasteiger partial charge in [0.2, 0.25) is 5.91 Å². The number of rotatable bonds is 2. The van der Waals surface area contributed by atoms with E-state index >= 15 is 0 Å². The van der Waals surface area contributed by atoms with Crippen LogP contribution in [-0.2, 0) is 4.79 Å². The van der Waals surface area contributed by atoms with Gasteiger partial charge in [0.15, 0.2) is 0 Å². The van der Waals surface area contributed by atoms with Crippen LogP contribution < -0.4 is 5.32 Å². The predicted molar refractivity (Wildman–Crippen MR) is 76.8 cm³/mol. The molecule has 1 saturated carbocycles. The number of carbonyl (C=O) groups is 1. The second kappa shape index (κ2) is 5.08. The summed E-state index contributed by atoms with van der Waals surface area (Å²) in [5, 5.41) is 3.50. The van der Waals surface area contributed by atoms with Crippen molar-refractivity contribution in [3.8, 4) is 0 Å². The number of likely N-dealkylation sites (tertiary alicyclic amines) is 1. The van der Waals surface area contributed by atoms with Gasteiger partial charge in [0.05, 0.1) is 5.41 Å². The van der Waals surface area contributed by atoms with Crippen LogP contribution in [0.25, 0.3) is 0 Å². The maximum Gasteiger partial charge on any atom is 0.230 e. The number of hydrogen-bond acceptors (Lipinski definition) is 2. The molecule has 0 radical (unpaired) electrons. The number of fused-ring (bicyclic) bond motifs is 1. The van der Waals surface area contributed by atoms with E-state index in [1.165, 1.54) is 25.7 Å². The maximum absolute atomic E-state index is 13.1. The van der Waals surface area contributed by atoms with E-state index in [9.17, 15) is 4.79 Å². The minimum Gasteiger partial charge on any atom is -0.342 e. The van der Waals surface area contributed by atoms with Gasteiger partial charge in [-0.05, 0) is 43.6 Å². The van der Waals surface area contributed by atoms with Gasteiger partial charge in [0.1, 0.15) is 0 Å². The van der Waals surface area contributed by atoms with E-state index in [0.717, 1.165) is 38.5 Å². The lowest BCUT2D eigenvalue weighted by Gasteiger charge is -2.40. The molecule has 3 fully saturated rings. The van der Waals surface area contributed by atoms with E-state index in [0.29, 0.717) is 17.7 Å². The monoisotopic (exact) mass is 264 g/mol. The first-order valence-corrected chi connectivity index (χ1v) is 8.13. The van der Waals surface area contributed by atoms with Gasteiger partial charge in [-0.2, -0.15) is 0 Å². The smallest absolute Gasteiger partial charge is 0.230 e. The molecule has 108 valence electrons. The molecule has 3 atom stereocenters. The number of nitrogens with one attached hydrogen (secondary N) is 1. The van der Waals surface area contributed by atoms with Crippen molar-refractivity contribution in [2.45, 2.75) is 46.0 Å². The van der Waals surface area contributed by atoms with Crippen molar-refractivity contribution in [1.29, 1.82) is 0 Å². The Morgan fingerprint density at radius 1 is 1.32 bits per heavy atom. The lowest BCUT2D eigenvalue weighted by atomic mass is 9.67. The van der Waals surface area contributed by atoms with Gasteiger partial charge < -0.3 is 10.2 Å². The molecule has 0 spiro atoms. The molecule has 0 aromatic rings. The SMILES string of the molecule is CC(C)C1CCN(C(=O)[C@@]23CCCC[C@H]2CNC3)C1. The maximum atomic E-state index is 13.1. The first kappa shape index (κ1) is 13.4. The molecule has 1 aliphatic carbocycles. The second-order valence-corrected chi connectivity index (χ2v) is 7.27. The highest BCUT2D eigenvalue weighted by molar-refractivity contribution is 5.84. The summed E-state index contributed by atoms with van der Waals surface area (Å²) in [5.74, 6) is 2.51. The van der Waals surface area contributed by atoms with Crippen LogP contribution in [0, 0.1) is 23.2 Å². The molecule has 3 aliphatic rings. The average molecular weight is 264 g/mol. The molecule has 0 aromatic heterocycles. The fraction of sp³-hybridized carbons (Fsp3) is 0.938. The van der Waals surface area contributed by atoms with Crippen molar-refractivity contribution in [3.05, 3.63) is 0 Å². The van der Waals surface area contributed by atoms with Crippen LogP contribution in [0.1, 0.15) is 46.0 Å². The first-order valence-electron chi connectivity index (χ1n) is 8.13. The molecule has 0 bridgehead atoms. The summed E-state index contributed by atoms with van der Waals surface area (Å²) in [6.45, 7) is 8.57. The molecule has 1 amide bonds. The van der Waals surface area contributed by atoms with Gasteiger partial charge in [-0.3, -0.25) is 4.79 Å². The Morgan fingerprint density at radius 3 is 2.89 bits per heavy atom. The molecule has 2 saturated heterocycles. The van der Waals surface area contributed by atoms with E-state index < -0.39 is 0 Å². The van der Waals surface area contributed by atoms with Crippen LogP contribution in [0.15, 0.2) is 0 Å². The average Bonchev–Trinajstić information content (AvgIpc) is 3.05. The third-order valence-electron chi connectivity index (χ3n) is 5.92. The third-order valence-corrected chi connectivity index (χ3v) is 5.92. The fourth-order valence-corrected chi connectivity index (χ4v) is 4.50.